The maximum Gasteiger partial charge on any atom is 0.0965 e. The van der Waals surface area contributed by atoms with E-state index in [1.807, 2.05) is 0 Å². The van der Waals surface area contributed by atoms with Crippen LogP contribution in [0.15, 0.2) is 73.1 Å². The van der Waals surface area contributed by atoms with Gasteiger partial charge >= 0.3 is 0 Å². The van der Waals surface area contributed by atoms with Gasteiger partial charge in [-0.25, -0.2) is 0 Å². The van der Waals surface area contributed by atoms with E-state index >= 15 is 0 Å². The number of nitrogens with zero attached hydrogens (tertiary/aromatic N) is 2. The first-order chi connectivity index (χ1) is 10.9. The first-order valence-corrected chi connectivity index (χ1v) is 7.35. The minimum atomic E-state index is 0.940. The van der Waals surface area contributed by atoms with E-state index < -0.39 is 0 Å². The number of aromatic nitrogens is 2. The number of fused-ring (bicyclic) bond motifs is 6. The third kappa shape index (κ3) is 1.55. The zero-order valence-electron chi connectivity index (χ0n) is 11.8. The van der Waals surface area contributed by atoms with Crippen molar-refractivity contribution >= 4 is 43.4 Å². The number of hydrogen-bond acceptors (Lipinski definition) is 2. The van der Waals surface area contributed by atoms with Gasteiger partial charge in [0, 0.05) is 17.8 Å². The van der Waals surface area contributed by atoms with Crippen molar-refractivity contribution in [2.24, 2.45) is 0 Å². The molecule has 0 aliphatic rings. The van der Waals surface area contributed by atoms with Gasteiger partial charge in [0.05, 0.1) is 11.0 Å². The summed E-state index contributed by atoms with van der Waals surface area (Å²) in [5, 5.41) is 7.46. The predicted octanol–water partition coefficient (Wildman–Crippen LogP) is 5.09. The average molecular weight is 280 g/mol. The Morgan fingerprint density at radius 2 is 1.32 bits per heavy atom. The Hall–Kier alpha value is -3.00. The van der Waals surface area contributed by atoms with E-state index in [2.05, 4.69) is 70.6 Å². The van der Waals surface area contributed by atoms with Crippen molar-refractivity contribution in [3.8, 4) is 0 Å². The van der Waals surface area contributed by atoms with Gasteiger partial charge in [0.1, 0.15) is 0 Å². The van der Waals surface area contributed by atoms with Gasteiger partial charge in [-0.2, -0.15) is 0 Å². The van der Waals surface area contributed by atoms with E-state index in [1.165, 1.54) is 26.9 Å². The molecule has 4 aromatic carbocycles. The molecule has 0 aliphatic carbocycles. The normalized spacial score (nSPS) is 11.6. The van der Waals surface area contributed by atoms with Crippen LogP contribution in [0.3, 0.4) is 0 Å². The summed E-state index contributed by atoms with van der Waals surface area (Å²) >= 11 is 0. The summed E-state index contributed by atoms with van der Waals surface area (Å²) < 4.78 is 0. The van der Waals surface area contributed by atoms with Crippen LogP contribution in [-0.4, -0.2) is 9.97 Å². The monoisotopic (exact) mass is 280 g/mol. The van der Waals surface area contributed by atoms with Gasteiger partial charge in [0.15, 0.2) is 0 Å². The van der Waals surface area contributed by atoms with Gasteiger partial charge in [-0.15, -0.1) is 0 Å². The highest BCUT2D eigenvalue weighted by atomic mass is 14.8. The average Bonchev–Trinajstić information content (AvgIpc) is 2.59. The molecule has 0 saturated heterocycles. The standard InChI is InChI=1S/C20H12N2/c1-2-4-14-12-18-15(11-13(14)3-1)5-6-17-16(18)7-8-19-20(17)22-10-9-21-19/h1-12H. The third-order valence-corrected chi connectivity index (χ3v) is 4.32. The first kappa shape index (κ1) is 11.6. The summed E-state index contributed by atoms with van der Waals surface area (Å²) in [6.07, 6.45) is 3.50. The van der Waals surface area contributed by atoms with Crippen molar-refractivity contribution in [1.82, 2.24) is 9.97 Å². The molecule has 1 heterocycles. The molecular formula is C20H12N2. The first-order valence-electron chi connectivity index (χ1n) is 7.35. The van der Waals surface area contributed by atoms with Gasteiger partial charge < -0.3 is 0 Å². The minimum Gasteiger partial charge on any atom is -0.253 e. The molecule has 2 heteroatoms. The highest BCUT2D eigenvalue weighted by Gasteiger charge is 2.06. The highest BCUT2D eigenvalue weighted by Crippen LogP contribution is 2.32. The smallest absolute Gasteiger partial charge is 0.0965 e. The summed E-state index contributed by atoms with van der Waals surface area (Å²) in [6.45, 7) is 0. The van der Waals surface area contributed by atoms with Crippen LogP contribution in [0.1, 0.15) is 0 Å². The maximum absolute atomic E-state index is 4.52. The van der Waals surface area contributed by atoms with E-state index in [0.717, 1.165) is 16.4 Å². The van der Waals surface area contributed by atoms with Crippen LogP contribution >= 0.6 is 0 Å². The fourth-order valence-electron chi connectivity index (χ4n) is 3.26. The second kappa shape index (κ2) is 4.25. The Kier molecular flexibility index (Phi) is 2.25. The fraction of sp³-hybridized carbons (Fsp3) is 0. The molecule has 1 aromatic heterocycles. The lowest BCUT2D eigenvalue weighted by Gasteiger charge is -2.08. The van der Waals surface area contributed by atoms with E-state index in [1.54, 1.807) is 12.4 Å². The Balaban J connectivity index is 2.02. The van der Waals surface area contributed by atoms with Crippen LogP contribution in [0.25, 0.3) is 43.4 Å². The third-order valence-electron chi connectivity index (χ3n) is 4.32. The molecule has 0 fully saturated rings. The predicted molar refractivity (Wildman–Crippen MR) is 92.1 cm³/mol. The fourth-order valence-corrected chi connectivity index (χ4v) is 3.26. The Labute approximate surface area is 127 Å². The van der Waals surface area contributed by atoms with Crippen LogP contribution < -0.4 is 0 Å². The van der Waals surface area contributed by atoms with E-state index in [0.29, 0.717) is 0 Å². The second-order valence-electron chi connectivity index (χ2n) is 5.57. The van der Waals surface area contributed by atoms with E-state index in [4.69, 9.17) is 0 Å². The topological polar surface area (TPSA) is 25.8 Å². The summed E-state index contributed by atoms with van der Waals surface area (Å²) in [5.41, 5.74) is 1.91. The molecule has 22 heavy (non-hydrogen) atoms. The molecule has 0 amide bonds. The molecule has 5 rings (SSSR count). The maximum atomic E-state index is 4.52. The van der Waals surface area contributed by atoms with Crippen LogP contribution in [-0.2, 0) is 0 Å². The molecule has 102 valence electrons. The lowest BCUT2D eigenvalue weighted by Crippen LogP contribution is -1.86. The summed E-state index contributed by atoms with van der Waals surface area (Å²) in [4.78, 5) is 8.91. The van der Waals surface area contributed by atoms with Crippen LogP contribution in [0, 0.1) is 0 Å². The molecule has 5 aromatic rings. The van der Waals surface area contributed by atoms with Gasteiger partial charge in [-0.05, 0) is 45.1 Å². The minimum absolute atomic E-state index is 0.940. The highest BCUT2D eigenvalue weighted by molar-refractivity contribution is 6.17. The van der Waals surface area contributed by atoms with E-state index in [-0.39, 0.29) is 0 Å². The van der Waals surface area contributed by atoms with Crippen molar-refractivity contribution in [2.75, 3.05) is 0 Å². The van der Waals surface area contributed by atoms with Crippen molar-refractivity contribution in [1.29, 1.82) is 0 Å². The van der Waals surface area contributed by atoms with Crippen molar-refractivity contribution in [2.45, 2.75) is 0 Å². The van der Waals surface area contributed by atoms with Crippen molar-refractivity contribution < 1.29 is 0 Å². The van der Waals surface area contributed by atoms with Crippen LogP contribution in [0.4, 0.5) is 0 Å². The molecule has 0 radical (unpaired) electrons. The molecule has 0 bridgehead atoms. The molecule has 0 unspecified atom stereocenters. The zero-order chi connectivity index (χ0) is 14.5. The second-order valence-corrected chi connectivity index (χ2v) is 5.57. The molecule has 0 spiro atoms. The molecule has 0 saturated carbocycles. The summed E-state index contributed by atoms with van der Waals surface area (Å²) in [6, 6.07) is 21.6. The largest absolute Gasteiger partial charge is 0.253 e. The molecular weight excluding hydrogens is 268 g/mol. The number of benzene rings is 4. The lowest BCUT2D eigenvalue weighted by atomic mass is 9.97. The SMILES string of the molecule is c1ccc2cc3c(ccc4c3ccc3nccnc34)cc2c1. The van der Waals surface area contributed by atoms with Gasteiger partial charge in [0.2, 0.25) is 0 Å². The number of hydrogen-bond donors (Lipinski definition) is 0. The quantitative estimate of drug-likeness (QED) is 0.292. The van der Waals surface area contributed by atoms with Gasteiger partial charge in [-0.3, -0.25) is 9.97 Å². The number of rotatable bonds is 0. The molecule has 2 nitrogen and oxygen atoms in total. The zero-order valence-corrected chi connectivity index (χ0v) is 11.8. The lowest BCUT2D eigenvalue weighted by molar-refractivity contribution is 1.30. The Bertz CT molecular complexity index is 1170. The summed E-state index contributed by atoms with van der Waals surface area (Å²) in [7, 11) is 0. The summed E-state index contributed by atoms with van der Waals surface area (Å²) in [5.74, 6) is 0. The molecule has 0 N–H and O–H groups in total. The Morgan fingerprint density at radius 1 is 0.545 bits per heavy atom. The van der Waals surface area contributed by atoms with Gasteiger partial charge in [-0.1, -0.05) is 42.5 Å². The Morgan fingerprint density at radius 3 is 2.23 bits per heavy atom. The van der Waals surface area contributed by atoms with Crippen molar-refractivity contribution in [3.63, 3.8) is 0 Å². The van der Waals surface area contributed by atoms with Crippen molar-refractivity contribution in [3.05, 3.63) is 73.1 Å². The van der Waals surface area contributed by atoms with E-state index in [9.17, 15) is 0 Å². The van der Waals surface area contributed by atoms with Crippen LogP contribution in [0.5, 0.6) is 0 Å². The molecule has 0 atom stereocenters. The van der Waals surface area contributed by atoms with Crippen LogP contribution in [0.2, 0.25) is 0 Å². The molecule has 0 aliphatic heterocycles. The van der Waals surface area contributed by atoms with Gasteiger partial charge in [0.25, 0.3) is 0 Å².